The molecule has 2 unspecified atom stereocenters. The van der Waals surface area contributed by atoms with Gasteiger partial charge in [0.1, 0.15) is 11.8 Å². The van der Waals surface area contributed by atoms with Gasteiger partial charge in [-0.25, -0.2) is 9.59 Å². The third-order valence-electron chi connectivity index (χ3n) is 4.67. The third kappa shape index (κ3) is 6.37. The summed E-state index contributed by atoms with van der Waals surface area (Å²) in [5, 5.41) is 0. The van der Waals surface area contributed by atoms with E-state index in [0.717, 1.165) is 6.42 Å². The number of esters is 2. The van der Waals surface area contributed by atoms with Gasteiger partial charge in [0.05, 0.1) is 13.2 Å². The van der Waals surface area contributed by atoms with Crippen molar-refractivity contribution in [2.24, 2.45) is 11.8 Å². The summed E-state index contributed by atoms with van der Waals surface area (Å²) >= 11 is 0. The zero-order valence-electron chi connectivity index (χ0n) is 17.3. The van der Waals surface area contributed by atoms with Gasteiger partial charge in [-0.3, -0.25) is 19.2 Å². The molecule has 0 aromatic rings. The molecule has 2 aliphatic rings. The predicted octanol–water partition coefficient (Wildman–Crippen LogP) is -0.416. The first kappa shape index (κ1) is 24.3. The van der Waals surface area contributed by atoms with E-state index < -0.39 is 35.3 Å². The summed E-state index contributed by atoms with van der Waals surface area (Å²) in [6.07, 6.45) is 1.60. The SMILES string of the molecule is CCOC(=O)C(=O)C1CCCN(C)C1=O.CCOC(=O)C(=O)C1CCN(C)C1=O. The van der Waals surface area contributed by atoms with Crippen molar-refractivity contribution in [3.05, 3.63) is 0 Å². The molecule has 0 aromatic heterocycles. The Balaban J connectivity index is 0.000000291. The molecule has 0 aliphatic carbocycles. The number of likely N-dealkylation sites (tertiary alicyclic amines) is 2. The van der Waals surface area contributed by atoms with Gasteiger partial charge < -0.3 is 19.3 Å². The lowest BCUT2D eigenvalue weighted by atomic mass is 9.93. The molecule has 2 atom stereocenters. The van der Waals surface area contributed by atoms with Gasteiger partial charge in [0.25, 0.3) is 11.6 Å². The number of nitrogens with zero attached hydrogens (tertiary/aromatic N) is 2. The average Bonchev–Trinajstić information content (AvgIpc) is 3.02. The minimum Gasteiger partial charge on any atom is -0.460 e. The van der Waals surface area contributed by atoms with Crippen LogP contribution in [0.3, 0.4) is 0 Å². The minimum absolute atomic E-state index is 0.154. The fourth-order valence-corrected chi connectivity index (χ4v) is 3.03. The Hall–Kier alpha value is -2.78. The second-order valence-electron chi connectivity index (χ2n) is 6.73. The molecule has 0 bridgehead atoms. The number of rotatable bonds is 6. The normalized spacial score (nSPS) is 21.2. The molecule has 2 aliphatic heterocycles. The molecule has 0 saturated carbocycles. The van der Waals surface area contributed by atoms with Gasteiger partial charge in [0.15, 0.2) is 0 Å². The van der Waals surface area contributed by atoms with Crippen LogP contribution in [0.15, 0.2) is 0 Å². The summed E-state index contributed by atoms with van der Waals surface area (Å²) in [5.41, 5.74) is 0. The summed E-state index contributed by atoms with van der Waals surface area (Å²) in [6, 6.07) is 0. The molecule has 0 N–H and O–H groups in total. The maximum Gasteiger partial charge on any atom is 0.375 e. The van der Waals surface area contributed by atoms with Crippen LogP contribution in [0.5, 0.6) is 0 Å². The number of ether oxygens (including phenoxy) is 2. The highest BCUT2D eigenvalue weighted by atomic mass is 16.5. The molecule has 162 valence electrons. The van der Waals surface area contributed by atoms with Gasteiger partial charge in [-0.1, -0.05) is 0 Å². The molecule has 0 radical (unpaired) electrons. The van der Waals surface area contributed by atoms with Gasteiger partial charge in [-0.05, 0) is 33.1 Å². The lowest BCUT2D eigenvalue weighted by Gasteiger charge is -2.27. The zero-order chi connectivity index (χ0) is 22.1. The Kier molecular flexibility index (Phi) is 9.43. The maximum absolute atomic E-state index is 11.6. The third-order valence-corrected chi connectivity index (χ3v) is 4.67. The van der Waals surface area contributed by atoms with Crippen LogP contribution in [0.25, 0.3) is 0 Å². The lowest BCUT2D eigenvalue weighted by Crippen LogP contribution is -2.44. The average molecular weight is 412 g/mol. The minimum atomic E-state index is -0.902. The van der Waals surface area contributed by atoms with Crippen molar-refractivity contribution in [2.45, 2.75) is 33.1 Å². The highest BCUT2D eigenvalue weighted by Gasteiger charge is 2.39. The monoisotopic (exact) mass is 412 g/mol. The molecule has 2 rings (SSSR count). The van der Waals surface area contributed by atoms with Crippen molar-refractivity contribution in [2.75, 3.05) is 40.4 Å². The molecular formula is C19H28N2O8. The molecule has 0 aromatic carbocycles. The summed E-state index contributed by atoms with van der Waals surface area (Å²) < 4.78 is 9.12. The fraction of sp³-hybridized carbons (Fsp3) is 0.684. The molecule has 10 heteroatoms. The van der Waals surface area contributed by atoms with E-state index in [1.165, 1.54) is 9.80 Å². The van der Waals surface area contributed by atoms with E-state index in [1.807, 2.05) is 0 Å². The number of carbonyl (C=O) groups is 6. The number of carbonyl (C=O) groups excluding carboxylic acids is 6. The first-order valence-corrected chi connectivity index (χ1v) is 9.57. The predicted molar refractivity (Wildman–Crippen MR) is 99.4 cm³/mol. The largest absolute Gasteiger partial charge is 0.460 e. The van der Waals surface area contributed by atoms with Crippen molar-refractivity contribution in [1.29, 1.82) is 0 Å². The molecule has 2 fully saturated rings. The van der Waals surface area contributed by atoms with Crippen LogP contribution in [0.1, 0.15) is 33.1 Å². The van der Waals surface area contributed by atoms with Gasteiger partial charge in [0.2, 0.25) is 11.8 Å². The topological polar surface area (TPSA) is 127 Å². The zero-order valence-corrected chi connectivity index (χ0v) is 17.3. The molecule has 2 heterocycles. The molecule has 29 heavy (non-hydrogen) atoms. The van der Waals surface area contributed by atoms with Crippen LogP contribution >= 0.6 is 0 Å². The highest BCUT2D eigenvalue weighted by Crippen LogP contribution is 2.18. The Morgan fingerprint density at radius 3 is 1.62 bits per heavy atom. The smallest absolute Gasteiger partial charge is 0.375 e. The van der Waals surface area contributed by atoms with Gasteiger partial charge in [-0.2, -0.15) is 0 Å². The van der Waals surface area contributed by atoms with Crippen molar-refractivity contribution in [3.63, 3.8) is 0 Å². The van der Waals surface area contributed by atoms with E-state index in [9.17, 15) is 28.8 Å². The van der Waals surface area contributed by atoms with E-state index >= 15 is 0 Å². The molecular weight excluding hydrogens is 384 g/mol. The van der Waals surface area contributed by atoms with Gasteiger partial charge >= 0.3 is 11.9 Å². The lowest BCUT2D eigenvalue weighted by molar-refractivity contribution is -0.159. The van der Waals surface area contributed by atoms with Crippen molar-refractivity contribution < 1.29 is 38.2 Å². The summed E-state index contributed by atoms with van der Waals surface area (Å²) in [7, 11) is 3.24. The number of amides is 2. The quantitative estimate of drug-likeness (QED) is 0.327. The van der Waals surface area contributed by atoms with E-state index in [1.54, 1.807) is 27.9 Å². The van der Waals surface area contributed by atoms with Crippen LogP contribution in [0.2, 0.25) is 0 Å². The number of hydrogen-bond acceptors (Lipinski definition) is 8. The van der Waals surface area contributed by atoms with Crippen LogP contribution < -0.4 is 0 Å². The number of ketones is 2. The Bertz CT molecular complexity index is 675. The molecule has 2 saturated heterocycles. The maximum atomic E-state index is 11.6. The number of hydrogen-bond donors (Lipinski definition) is 0. The van der Waals surface area contributed by atoms with E-state index in [2.05, 4.69) is 9.47 Å². The summed E-state index contributed by atoms with van der Waals surface area (Å²) in [6.45, 7) is 4.72. The molecule has 10 nitrogen and oxygen atoms in total. The molecule has 2 amide bonds. The Morgan fingerprint density at radius 2 is 1.21 bits per heavy atom. The number of piperidine rings is 1. The Morgan fingerprint density at radius 1 is 0.793 bits per heavy atom. The molecule has 0 spiro atoms. The van der Waals surface area contributed by atoms with E-state index in [0.29, 0.717) is 25.9 Å². The summed E-state index contributed by atoms with van der Waals surface area (Å²) in [4.78, 5) is 70.9. The summed E-state index contributed by atoms with van der Waals surface area (Å²) in [5.74, 6) is -5.45. The second kappa shape index (κ2) is 11.3. The van der Waals surface area contributed by atoms with Gasteiger partial charge in [0, 0.05) is 27.2 Å². The van der Waals surface area contributed by atoms with Crippen molar-refractivity contribution in [3.8, 4) is 0 Å². The van der Waals surface area contributed by atoms with E-state index in [4.69, 9.17) is 0 Å². The standard InChI is InChI=1S/C10H15NO4.C9H13NO4/c1-3-15-10(14)8(12)7-5-4-6-11(2)9(7)13;1-3-14-9(13)7(11)6-4-5-10(2)8(6)12/h7H,3-6H2,1-2H3;6H,3-5H2,1-2H3. The van der Waals surface area contributed by atoms with Gasteiger partial charge in [-0.15, -0.1) is 0 Å². The second-order valence-corrected chi connectivity index (χ2v) is 6.73. The van der Waals surface area contributed by atoms with Crippen LogP contribution in [-0.2, 0) is 38.2 Å². The van der Waals surface area contributed by atoms with E-state index in [-0.39, 0.29) is 25.0 Å². The first-order valence-electron chi connectivity index (χ1n) is 9.57. The number of Topliss-reactive ketones (excluding diaryl/α,β-unsaturated/α-hetero) is 2. The van der Waals surface area contributed by atoms with Crippen LogP contribution in [-0.4, -0.2) is 85.5 Å². The van der Waals surface area contributed by atoms with Crippen LogP contribution in [0.4, 0.5) is 0 Å². The Labute approximate surface area is 169 Å². The fourth-order valence-electron chi connectivity index (χ4n) is 3.03. The van der Waals surface area contributed by atoms with Crippen LogP contribution in [0, 0.1) is 11.8 Å². The van der Waals surface area contributed by atoms with Crippen molar-refractivity contribution in [1.82, 2.24) is 9.80 Å². The first-order chi connectivity index (χ1) is 13.6. The van der Waals surface area contributed by atoms with Crippen molar-refractivity contribution >= 4 is 35.3 Å². The highest BCUT2D eigenvalue weighted by molar-refractivity contribution is 6.38.